The summed E-state index contributed by atoms with van der Waals surface area (Å²) >= 11 is 6.22. The molecule has 0 bridgehead atoms. The summed E-state index contributed by atoms with van der Waals surface area (Å²) in [5.41, 5.74) is 1.68. The summed E-state index contributed by atoms with van der Waals surface area (Å²) in [5, 5.41) is 12.0. The second-order valence-electron chi connectivity index (χ2n) is 5.67. The Morgan fingerprint density at radius 2 is 2.08 bits per heavy atom. The van der Waals surface area contributed by atoms with Crippen molar-refractivity contribution in [2.45, 2.75) is 13.5 Å². The number of carbonyl (C=O) groups is 1. The molecule has 0 aliphatic rings. The summed E-state index contributed by atoms with van der Waals surface area (Å²) in [6.45, 7) is 2.29. The summed E-state index contributed by atoms with van der Waals surface area (Å²) in [6.07, 6.45) is 3.27. The van der Waals surface area contributed by atoms with Crippen LogP contribution in [0.2, 0.25) is 5.02 Å². The lowest BCUT2D eigenvalue weighted by molar-refractivity contribution is 0.101. The van der Waals surface area contributed by atoms with E-state index < -0.39 is 5.91 Å². The van der Waals surface area contributed by atoms with Gasteiger partial charge in [-0.05, 0) is 24.6 Å². The van der Waals surface area contributed by atoms with Crippen LogP contribution < -0.4 is 5.32 Å². The van der Waals surface area contributed by atoms with Gasteiger partial charge in [-0.25, -0.2) is 14.2 Å². The predicted molar refractivity (Wildman–Crippen MR) is 96.3 cm³/mol. The number of nitrogens with one attached hydrogen (secondary N) is 1. The Balaban J connectivity index is 1.60. The zero-order valence-electron chi connectivity index (χ0n) is 13.8. The number of benzene rings is 1. The maximum absolute atomic E-state index is 12.5. The minimum Gasteiger partial charge on any atom is -0.304 e. The molecule has 0 spiro atoms. The van der Waals surface area contributed by atoms with Crippen LogP contribution in [0.25, 0.3) is 5.78 Å². The number of hydrogen-bond donors (Lipinski definition) is 1. The SMILES string of the molecule is Cc1cc(NC(=O)c2nc3ncccn3n2)n(Cc2ccccc2Cl)n1. The van der Waals surface area contributed by atoms with Crippen LogP contribution in [0, 0.1) is 6.92 Å². The first kappa shape index (κ1) is 16.2. The Bertz CT molecular complexity index is 1070. The molecule has 1 N–H and O–H groups in total. The third kappa shape index (κ3) is 3.14. The molecule has 0 unspecified atom stereocenters. The Morgan fingerprint density at radius 3 is 2.88 bits per heavy atom. The minimum absolute atomic E-state index is 0.0341. The van der Waals surface area contributed by atoms with E-state index in [1.54, 1.807) is 29.2 Å². The smallest absolute Gasteiger partial charge is 0.296 e. The molecule has 3 heterocycles. The number of carbonyl (C=O) groups excluding carboxylic acids is 1. The highest BCUT2D eigenvalue weighted by Crippen LogP contribution is 2.19. The zero-order chi connectivity index (χ0) is 18.1. The fraction of sp³-hybridized carbons (Fsp3) is 0.118. The van der Waals surface area contributed by atoms with Crippen molar-refractivity contribution >= 4 is 29.1 Å². The van der Waals surface area contributed by atoms with E-state index in [0.29, 0.717) is 23.2 Å². The number of nitrogens with zero attached hydrogens (tertiary/aromatic N) is 6. The number of amides is 1. The molecule has 1 aromatic carbocycles. The fourth-order valence-electron chi connectivity index (χ4n) is 2.56. The molecule has 0 radical (unpaired) electrons. The van der Waals surface area contributed by atoms with Gasteiger partial charge in [0.15, 0.2) is 0 Å². The van der Waals surface area contributed by atoms with Crippen LogP contribution in [0.15, 0.2) is 48.8 Å². The summed E-state index contributed by atoms with van der Waals surface area (Å²) in [6, 6.07) is 11.0. The molecule has 0 saturated carbocycles. The maximum Gasteiger partial charge on any atom is 0.296 e. The molecule has 26 heavy (non-hydrogen) atoms. The largest absolute Gasteiger partial charge is 0.304 e. The summed E-state index contributed by atoms with van der Waals surface area (Å²) in [4.78, 5) is 20.7. The highest BCUT2D eigenvalue weighted by atomic mass is 35.5. The van der Waals surface area contributed by atoms with Gasteiger partial charge in [0.2, 0.25) is 5.82 Å². The second-order valence-corrected chi connectivity index (χ2v) is 6.08. The van der Waals surface area contributed by atoms with Crippen LogP contribution >= 0.6 is 11.6 Å². The van der Waals surface area contributed by atoms with Crippen molar-refractivity contribution in [3.63, 3.8) is 0 Å². The molecule has 0 aliphatic carbocycles. The number of aryl methyl sites for hydroxylation is 1. The average Bonchev–Trinajstić information content (AvgIpc) is 3.20. The summed E-state index contributed by atoms with van der Waals surface area (Å²) < 4.78 is 3.13. The normalized spacial score (nSPS) is 11.0. The van der Waals surface area contributed by atoms with E-state index in [9.17, 15) is 4.79 Å². The summed E-state index contributed by atoms with van der Waals surface area (Å²) in [7, 11) is 0. The first-order valence-corrected chi connectivity index (χ1v) is 8.24. The van der Waals surface area contributed by atoms with E-state index in [2.05, 4.69) is 25.5 Å². The molecular weight excluding hydrogens is 354 g/mol. The highest BCUT2D eigenvalue weighted by molar-refractivity contribution is 6.31. The van der Waals surface area contributed by atoms with Crippen molar-refractivity contribution in [3.8, 4) is 0 Å². The van der Waals surface area contributed by atoms with Crippen molar-refractivity contribution in [2.75, 3.05) is 5.32 Å². The van der Waals surface area contributed by atoms with Gasteiger partial charge in [0.1, 0.15) is 5.82 Å². The molecular formula is C17H14ClN7O. The van der Waals surface area contributed by atoms with Gasteiger partial charge >= 0.3 is 0 Å². The number of halogens is 1. The van der Waals surface area contributed by atoms with Crippen molar-refractivity contribution in [3.05, 3.63) is 70.9 Å². The van der Waals surface area contributed by atoms with Gasteiger partial charge in [-0.3, -0.25) is 4.79 Å². The molecule has 8 nitrogen and oxygen atoms in total. The van der Waals surface area contributed by atoms with Gasteiger partial charge in [0.05, 0.1) is 12.2 Å². The van der Waals surface area contributed by atoms with E-state index >= 15 is 0 Å². The molecule has 130 valence electrons. The average molecular weight is 368 g/mol. The topological polar surface area (TPSA) is 90.0 Å². The van der Waals surface area contributed by atoms with Gasteiger partial charge in [-0.15, -0.1) is 5.10 Å². The minimum atomic E-state index is -0.434. The molecule has 3 aromatic heterocycles. The van der Waals surface area contributed by atoms with Crippen molar-refractivity contribution < 1.29 is 4.79 Å². The van der Waals surface area contributed by atoms with Crippen molar-refractivity contribution in [1.29, 1.82) is 0 Å². The van der Waals surface area contributed by atoms with Crippen LogP contribution in [0.1, 0.15) is 21.9 Å². The third-order valence-corrected chi connectivity index (χ3v) is 4.11. The number of fused-ring (bicyclic) bond motifs is 1. The van der Waals surface area contributed by atoms with E-state index in [1.165, 1.54) is 4.52 Å². The number of rotatable bonds is 4. The lowest BCUT2D eigenvalue weighted by Crippen LogP contribution is -2.17. The van der Waals surface area contributed by atoms with Gasteiger partial charge in [-0.1, -0.05) is 29.8 Å². The van der Waals surface area contributed by atoms with Crippen LogP contribution in [0.3, 0.4) is 0 Å². The molecule has 1 amide bonds. The second kappa shape index (κ2) is 6.57. The van der Waals surface area contributed by atoms with E-state index in [4.69, 9.17) is 11.6 Å². The van der Waals surface area contributed by atoms with Gasteiger partial charge in [-0.2, -0.15) is 10.1 Å². The first-order chi connectivity index (χ1) is 12.6. The van der Waals surface area contributed by atoms with Crippen LogP contribution in [0.4, 0.5) is 5.82 Å². The standard InChI is InChI=1S/C17H14ClN7O/c1-11-9-14(25(22-11)10-12-5-2-3-6-13(12)18)20-16(26)15-21-17-19-7-4-8-24(17)23-15/h2-9H,10H2,1H3,(H,20,26). The monoisotopic (exact) mass is 367 g/mol. The Morgan fingerprint density at radius 1 is 1.23 bits per heavy atom. The first-order valence-electron chi connectivity index (χ1n) is 7.87. The van der Waals surface area contributed by atoms with Crippen molar-refractivity contribution in [2.24, 2.45) is 0 Å². The molecule has 0 aliphatic heterocycles. The van der Waals surface area contributed by atoms with E-state index in [1.807, 2.05) is 31.2 Å². The van der Waals surface area contributed by atoms with Gasteiger partial charge in [0.25, 0.3) is 11.7 Å². The fourth-order valence-corrected chi connectivity index (χ4v) is 2.75. The van der Waals surface area contributed by atoms with E-state index in [0.717, 1.165) is 11.3 Å². The van der Waals surface area contributed by atoms with Crippen LogP contribution in [0.5, 0.6) is 0 Å². The Hall–Kier alpha value is -3.26. The number of aromatic nitrogens is 6. The molecule has 4 rings (SSSR count). The van der Waals surface area contributed by atoms with Gasteiger partial charge < -0.3 is 5.32 Å². The zero-order valence-corrected chi connectivity index (χ0v) is 14.6. The highest BCUT2D eigenvalue weighted by Gasteiger charge is 2.16. The Kier molecular flexibility index (Phi) is 4.10. The predicted octanol–water partition coefficient (Wildman–Crippen LogP) is 2.58. The molecule has 9 heteroatoms. The third-order valence-electron chi connectivity index (χ3n) is 3.74. The van der Waals surface area contributed by atoms with Crippen LogP contribution in [-0.4, -0.2) is 35.3 Å². The quantitative estimate of drug-likeness (QED) is 0.598. The van der Waals surface area contributed by atoms with Crippen molar-refractivity contribution in [1.82, 2.24) is 29.4 Å². The number of anilines is 1. The van der Waals surface area contributed by atoms with Gasteiger partial charge in [0, 0.05) is 23.5 Å². The molecule has 0 fully saturated rings. The lowest BCUT2D eigenvalue weighted by Gasteiger charge is -2.09. The Labute approximate surface area is 153 Å². The number of hydrogen-bond acceptors (Lipinski definition) is 5. The van der Waals surface area contributed by atoms with E-state index in [-0.39, 0.29) is 5.82 Å². The molecule has 4 aromatic rings. The molecule has 0 saturated heterocycles. The summed E-state index contributed by atoms with van der Waals surface area (Å²) in [5.74, 6) is 0.500. The lowest BCUT2D eigenvalue weighted by atomic mass is 10.2. The maximum atomic E-state index is 12.5. The van der Waals surface area contributed by atoms with Crippen LogP contribution in [-0.2, 0) is 6.54 Å². The molecule has 0 atom stereocenters.